The number of ether oxygens (including phenoxy) is 1. The minimum atomic E-state index is -0.770. The standard InChI is InChI=1S/C24H40N8O4.C20H32O5/c33-15-11-31(12-16-34)23-26-20-19(21(27-23)29-7-3-1-4-8-29)25-24(32(13-17-35)14-18-36)28-22(20)30-9-5-2-6-10-30;1-2-3-4-7-14(21)10-11-16-17-12-15(8-5-6-9-20(23)24)25-19(17)13-18(16)22/h33-36H,1-18H2;8,10-11,14,16-19,21-22H,2-7,9,12-13H2,1H3,(H,23,24)/b;11-10+,15-8-/t;14-,16+,17+,18+,19-/m.0/s1. The number of hydrogen-bond acceptors (Lipinski definition) is 16. The van der Waals surface area contributed by atoms with Crippen LogP contribution in [-0.2, 0) is 9.53 Å². The molecule has 61 heavy (non-hydrogen) atoms. The summed E-state index contributed by atoms with van der Waals surface area (Å²) in [6.45, 7) is 6.52. The lowest BCUT2D eigenvalue weighted by Gasteiger charge is -2.33. The quantitative estimate of drug-likeness (QED) is 0.0665. The summed E-state index contributed by atoms with van der Waals surface area (Å²) in [6, 6.07) is 0. The van der Waals surface area contributed by atoms with Crippen LogP contribution in [0.1, 0.15) is 103 Å². The highest BCUT2D eigenvalue weighted by Gasteiger charge is 2.47. The van der Waals surface area contributed by atoms with Crippen molar-refractivity contribution in [1.29, 1.82) is 0 Å². The molecule has 17 nitrogen and oxygen atoms in total. The third-order valence-electron chi connectivity index (χ3n) is 12.1. The van der Waals surface area contributed by atoms with Crippen molar-refractivity contribution in [3.05, 3.63) is 24.0 Å². The lowest BCUT2D eigenvalue weighted by molar-refractivity contribution is -0.137. The zero-order valence-corrected chi connectivity index (χ0v) is 36.2. The molecule has 4 aliphatic rings. The second kappa shape index (κ2) is 25.3. The number of anilines is 4. The van der Waals surface area contributed by atoms with E-state index in [0.29, 0.717) is 68.4 Å². The smallest absolute Gasteiger partial charge is 0.303 e. The Labute approximate surface area is 360 Å². The van der Waals surface area contributed by atoms with Gasteiger partial charge in [0.2, 0.25) is 11.9 Å². The van der Waals surface area contributed by atoms with Gasteiger partial charge in [-0.3, -0.25) is 4.79 Å². The van der Waals surface area contributed by atoms with E-state index in [1.807, 2.05) is 18.2 Å². The molecule has 0 spiro atoms. The molecule has 1 saturated carbocycles. The van der Waals surface area contributed by atoms with Crippen molar-refractivity contribution in [3.63, 3.8) is 0 Å². The minimum Gasteiger partial charge on any atom is -0.495 e. The summed E-state index contributed by atoms with van der Waals surface area (Å²) in [4.78, 5) is 38.3. The van der Waals surface area contributed by atoms with Gasteiger partial charge in [-0.1, -0.05) is 38.3 Å². The van der Waals surface area contributed by atoms with E-state index >= 15 is 0 Å². The van der Waals surface area contributed by atoms with Crippen LogP contribution in [0.25, 0.3) is 11.0 Å². The minimum absolute atomic E-state index is 0.0238. The fourth-order valence-electron chi connectivity index (χ4n) is 8.86. The molecular weight excluding hydrogens is 785 g/mol. The lowest BCUT2D eigenvalue weighted by atomic mass is 9.90. The molecule has 5 heterocycles. The first-order valence-electron chi connectivity index (χ1n) is 22.9. The molecule has 7 N–H and O–H groups in total. The van der Waals surface area contributed by atoms with Crippen LogP contribution in [0, 0.1) is 11.8 Å². The summed E-state index contributed by atoms with van der Waals surface area (Å²) in [5, 5.41) is 67.6. The third kappa shape index (κ3) is 13.8. The average molecular weight is 857 g/mol. The Balaban J connectivity index is 0.000000247. The zero-order valence-electron chi connectivity index (χ0n) is 36.2. The number of carbonyl (C=O) groups is 1. The highest BCUT2D eigenvalue weighted by atomic mass is 16.5. The molecule has 2 aromatic heterocycles. The Bertz CT molecular complexity index is 1600. The molecule has 1 aliphatic carbocycles. The molecule has 0 amide bonds. The molecule has 0 unspecified atom stereocenters. The number of nitrogens with zero attached hydrogens (tertiary/aromatic N) is 8. The molecule has 0 aromatic carbocycles. The fraction of sp³-hybridized carbons (Fsp3) is 0.750. The summed E-state index contributed by atoms with van der Waals surface area (Å²) < 4.78 is 5.94. The third-order valence-corrected chi connectivity index (χ3v) is 12.1. The normalized spacial score (nSPS) is 22.6. The summed E-state index contributed by atoms with van der Waals surface area (Å²) in [7, 11) is 0. The first kappa shape index (κ1) is 48.2. The zero-order chi connectivity index (χ0) is 43.6. The van der Waals surface area contributed by atoms with E-state index in [4.69, 9.17) is 29.8 Å². The number of piperidine rings is 2. The first-order chi connectivity index (χ1) is 29.7. The lowest BCUT2D eigenvalue weighted by Crippen LogP contribution is -2.36. The van der Waals surface area contributed by atoms with Crippen LogP contribution in [-0.4, -0.2) is 159 Å². The number of carboxylic acid groups (broad SMARTS) is 1. The van der Waals surface area contributed by atoms with E-state index in [1.165, 1.54) is 12.8 Å². The van der Waals surface area contributed by atoms with Gasteiger partial charge >= 0.3 is 5.97 Å². The Kier molecular flexibility index (Phi) is 20.0. The number of aromatic nitrogens is 4. The maximum Gasteiger partial charge on any atom is 0.303 e. The van der Waals surface area contributed by atoms with Crippen molar-refractivity contribution in [2.24, 2.45) is 11.8 Å². The first-order valence-corrected chi connectivity index (χ1v) is 22.9. The van der Waals surface area contributed by atoms with Gasteiger partial charge in [0, 0.05) is 83.5 Å². The van der Waals surface area contributed by atoms with Gasteiger partial charge in [0.15, 0.2) is 11.6 Å². The van der Waals surface area contributed by atoms with Crippen molar-refractivity contribution < 1.29 is 45.3 Å². The van der Waals surface area contributed by atoms with Crippen LogP contribution in [0.2, 0.25) is 0 Å². The number of fused-ring (bicyclic) bond motifs is 2. The molecule has 342 valence electrons. The van der Waals surface area contributed by atoms with Crippen LogP contribution in [0.15, 0.2) is 24.0 Å². The van der Waals surface area contributed by atoms with Crippen LogP contribution >= 0.6 is 0 Å². The molecule has 3 aliphatic heterocycles. The average Bonchev–Trinajstić information content (AvgIpc) is 3.79. The largest absolute Gasteiger partial charge is 0.495 e. The van der Waals surface area contributed by atoms with Gasteiger partial charge < -0.3 is 60.1 Å². The molecule has 3 saturated heterocycles. The van der Waals surface area contributed by atoms with Crippen molar-refractivity contribution in [3.8, 4) is 0 Å². The second-order valence-electron chi connectivity index (χ2n) is 16.7. The van der Waals surface area contributed by atoms with Crippen LogP contribution in [0.4, 0.5) is 23.5 Å². The topological polar surface area (TPSA) is 232 Å². The molecule has 2 aromatic rings. The Morgan fingerprint density at radius 1 is 0.787 bits per heavy atom. The fourth-order valence-corrected chi connectivity index (χ4v) is 8.86. The highest BCUT2D eigenvalue weighted by Crippen LogP contribution is 2.45. The summed E-state index contributed by atoms with van der Waals surface area (Å²) in [6.07, 6.45) is 18.6. The van der Waals surface area contributed by atoms with E-state index in [9.17, 15) is 35.4 Å². The Morgan fingerprint density at radius 2 is 1.31 bits per heavy atom. The van der Waals surface area contributed by atoms with E-state index in [2.05, 4.69) is 16.7 Å². The monoisotopic (exact) mass is 857 g/mol. The van der Waals surface area contributed by atoms with Gasteiger partial charge in [-0.15, -0.1) is 0 Å². The second-order valence-corrected chi connectivity index (χ2v) is 16.7. The van der Waals surface area contributed by atoms with Gasteiger partial charge in [0.05, 0.1) is 44.4 Å². The maximum atomic E-state index is 10.5. The molecular formula is C44H72N8O9. The van der Waals surface area contributed by atoms with E-state index < -0.39 is 18.2 Å². The SMILES string of the molecule is CCCCC[C@H](O)/C=C/[C@@H]1[C@H]2C/C(=C/CCCC(=O)O)O[C@H]2C[C@H]1O.OCCN(CCO)c1nc(N2CCCCC2)c2nc(N(CCO)CCO)nc(N3CCCCC3)c2n1. The predicted octanol–water partition coefficient (Wildman–Crippen LogP) is 3.39. The van der Waals surface area contributed by atoms with Crippen LogP contribution in [0.5, 0.6) is 0 Å². The molecule has 4 fully saturated rings. The van der Waals surface area contributed by atoms with Gasteiger partial charge in [-0.2, -0.15) is 9.97 Å². The van der Waals surface area contributed by atoms with E-state index in [-0.39, 0.29) is 50.8 Å². The molecule has 6 rings (SSSR count). The number of rotatable bonds is 22. The van der Waals surface area contributed by atoms with Gasteiger partial charge in [-0.25, -0.2) is 9.97 Å². The summed E-state index contributed by atoms with van der Waals surface area (Å²) in [5.41, 5.74) is 1.31. The summed E-state index contributed by atoms with van der Waals surface area (Å²) >= 11 is 0. The molecule has 0 bridgehead atoms. The van der Waals surface area contributed by atoms with Crippen molar-refractivity contribution in [1.82, 2.24) is 19.9 Å². The Hall–Kier alpha value is -3.87. The summed E-state index contributed by atoms with van der Waals surface area (Å²) in [5.74, 6) is 2.78. The Morgan fingerprint density at radius 3 is 1.79 bits per heavy atom. The van der Waals surface area contributed by atoms with Crippen molar-refractivity contribution in [2.75, 3.05) is 98.4 Å². The molecule has 17 heteroatoms. The number of aliphatic hydroxyl groups excluding tert-OH is 6. The van der Waals surface area contributed by atoms with Gasteiger partial charge in [0.25, 0.3) is 0 Å². The number of carboxylic acids is 1. The number of hydrogen-bond donors (Lipinski definition) is 7. The van der Waals surface area contributed by atoms with Crippen LogP contribution < -0.4 is 19.6 Å². The molecule has 5 atom stereocenters. The van der Waals surface area contributed by atoms with Crippen LogP contribution in [0.3, 0.4) is 0 Å². The van der Waals surface area contributed by atoms with E-state index in [1.54, 1.807) is 9.80 Å². The maximum absolute atomic E-state index is 10.5. The number of unbranched alkanes of at least 4 members (excludes halogenated alkanes) is 3. The van der Waals surface area contributed by atoms with Crippen molar-refractivity contribution >= 4 is 40.5 Å². The highest BCUT2D eigenvalue weighted by molar-refractivity contribution is 5.95. The number of aliphatic hydroxyl groups is 6. The predicted molar refractivity (Wildman–Crippen MR) is 236 cm³/mol. The number of allylic oxidation sites excluding steroid dienone is 2. The van der Waals surface area contributed by atoms with Gasteiger partial charge in [0.1, 0.15) is 17.1 Å². The van der Waals surface area contributed by atoms with Crippen molar-refractivity contribution in [2.45, 2.75) is 122 Å². The van der Waals surface area contributed by atoms with Gasteiger partial charge in [-0.05, 0) is 63.9 Å². The number of aliphatic carboxylic acids is 1. The van der Waals surface area contributed by atoms with E-state index in [0.717, 1.165) is 101 Å². The molecule has 0 radical (unpaired) electrons.